The lowest BCUT2D eigenvalue weighted by atomic mass is 9.98. The lowest BCUT2D eigenvalue weighted by Crippen LogP contribution is -2.47. The summed E-state index contributed by atoms with van der Waals surface area (Å²) in [6.07, 6.45) is -3.57. The molecule has 11 heteroatoms. The summed E-state index contributed by atoms with van der Waals surface area (Å²) in [7, 11) is 0. The van der Waals surface area contributed by atoms with Crippen LogP contribution >= 0.6 is 0 Å². The molecular formula is C33H31F3N4O4. The highest BCUT2D eigenvalue weighted by atomic mass is 19.4. The van der Waals surface area contributed by atoms with Crippen molar-refractivity contribution in [3.8, 4) is 11.1 Å². The van der Waals surface area contributed by atoms with Crippen LogP contribution in [0, 0.1) is 0 Å². The second-order valence-corrected chi connectivity index (χ2v) is 10.9. The van der Waals surface area contributed by atoms with Crippen molar-refractivity contribution in [3.63, 3.8) is 0 Å². The summed E-state index contributed by atoms with van der Waals surface area (Å²) in [5.74, 6) is -0.623. The topological polar surface area (TPSA) is 109 Å². The number of nitrogens with one attached hydrogen (secondary N) is 3. The van der Waals surface area contributed by atoms with E-state index in [1.807, 2.05) is 0 Å². The maximum Gasteiger partial charge on any atom is 0.416 e. The molecule has 8 nitrogen and oxygen atoms in total. The quantitative estimate of drug-likeness (QED) is 0.199. The Balaban J connectivity index is 1.47. The van der Waals surface area contributed by atoms with E-state index in [4.69, 9.17) is 4.74 Å². The number of alkyl halides is 3. The number of hydrogen-bond donors (Lipinski definition) is 3. The van der Waals surface area contributed by atoms with Crippen molar-refractivity contribution in [3.05, 3.63) is 114 Å². The van der Waals surface area contributed by atoms with Crippen LogP contribution in [0.4, 0.5) is 29.5 Å². The molecule has 0 spiro atoms. The standard InChI is InChI=1S/C33H31F3N4O4/c1-32(2,3)44-31(43)39-27(30(42)40-28-10-6-7-19-37-28)20-21-11-17-24(18-12-21)38-29(41)26-9-5-4-8-25(26)22-13-15-23(16-14-22)33(34,35)36/h4-19,27H,20H2,1-3H3,(H,38,41)(H,39,43)(H,37,40,42). The van der Waals surface area contributed by atoms with E-state index in [9.17, 15) is 27.6 Å². The highest BCUT2D eigenvalue weighted by molar-refractivity contribution is 6.08. The summed E-state index contributed by atoms with van der Waals surface area (Å²) in [6, 6.07) is 22.0. The number of amides is 3. The van der Waals surface area contributed by atoms with Gasteiger partial charge in [-0.3, -0.25) is 9.59 Å². The fourth-order valence-electron chi connectivity index (χ4n) is 4.24. The number of anilines is 2. The third-order valence-electron chi connectivity index (χ3n) is 6.27. The Kier molecular flexibility index (Phi) is 9.67. The number of aromatic nitrogens is 1. The van der Waals surface area contributed by atoms with Crippen LogP contribution in [0.1, 0.15) is 42.3 Å². The first-order valence-corrected chi connectivity index (χ1v) is 13.7. The van der Waals surface area contributed by atoms with E-state index in [1.54, 1.807) is 87.5 Å². The lowest BCUT2D eigenvalue weighted by molar-refractivity contribution is -0.137. The van der Waals surface area contributed by atoms with Gasteiger partial charge in [0.25, 0.3) is 5.91 Å². The molecule has 0 saturated carbocycles. The first-order chi connectivity index (χ1) is 20.8. The molecule has 0 bridgehead atoms. The monoisotopic (exact) mass is 604 g/mol. The molecule has 1 unspecified atom stereocenters. The van der Waals surface area contributed by atoms with Crippen molar-refractivity contribution in [1.29, 1.82) is 0 Å². The van der Waals surface area contributed by atoms with Gasteiger partial charge in [0.1, 0.15) is 17.5 Å². The zero-order valence-electron chi connectivity index (χ0n) is 24.2. The Hall–Kier alpha value is -5.19. The zero-order chi connectivity index (χ0) is 31.9. The Morgan fingerprint density at radius 2 is 1.48 bits per heavy atom. The van der Waals surface area contributed by atoms with Gasteiger partial charge in [0, 0.05) is 23.9 Å². The molecule has 4 rings (SSSR count). The average molecular weight is 605 g/mol. The summed E-state index contributed by atoms with van der Waals surface area (Å²) in [5.41, 5.74) is 0.819. The minimum atomic E-state index is -4.46. The maximum atomic E-state index is 13.2. The van der Waals surface area contributed by atoms with Crippen molar-refractivity contribution in [2.75, 3.05) is 10.6 Å². The largest absolute Gasteiger partial charge is 0.444 e. The SMILES string of the molecule is CC(C)(C)OC(=O)NC(Cc1ccc(NC(=O)c2ccccc2-c2ccc(C(F)(F)F)cc2)cc1)C(=O)Nc1ccccn1. The molecule has 0 saturated heterocycles. The summed E-state index contributed by atoms with van der Waals surface area (Å²) >= 11 is 0. The summed E-state index contributed by atoms with van der Waals surface area (Å²) in [5, 5.41) is 8.09. The van der Waals surface area contributed by atoms with Crippen LogP contribution in [0.5, 0.6) is 0 Å². The van der Waals surface area contributed by atoms with Crippen molar-refractivity contribution in [1.82, 2.24) is 10.3 Å². The average Bonchev–Trinajstić information content (AvgIpc) is 2.97. The number of hydrogen-bond acceptors (Lipinski definition) is 5. The first kappa shape index (κ1) is 31.7. The normalized spacial score (nSPS) is 12.1. The van der Waals surface area contributed by atoms with Gasteiger partial charge in [0.05, 0.1) is 5.56 Å². The van der Waals surface area contributed by atoms with Gasteiger partial charge in [-0.15, -0.1) is 0 Å². The van der Waals surface area contributed by atoms with E-state index in [1.165, 1.54) is 18.3 Å². The predicted octanol–water partition coefficient (Wildman–Crippen LogP) is 7.09. The zero-order valence-corrected chi connectivity index (χ0v) is 24.2. The molecule has 3 amide bonds. The van der Waals surface area contributed by atoms with Crippen LogP contribution in [-0.4, -0.2) is 34.5 Å². The summed E-state index contributed by atoms with van der Waals surface area (Å²) < 4.78 is 44.3. The second kappa shape index (κ2) is 13.4. The van der Waals surface area contributed by atoms with Gasteiger partial charge < -0.3 is 20.7 Å². The van der Waals surface area contributed by atoms with Crippen molar-refractivity contribution in [2.45, 2.75) is 45.0 Å². The van der Waals surface area contributed by atoms with Gasteiger partial charge in [0.2, 0.25) is 5.91 Å². The number of nitrogens with zero attached hydrogens (tertiary/aromatic N) is 1. The van der Waals surface area contributed by atoms with E-state index >= 15 is 0 Å². The van der Waals surface area contributed by atoms with E-state index in [2.05, 4.69) is 20.9 Å². The molecule has 1 heterocycles. The fourth-order valence-corrected chi connectivity index (χ4v) is 4.24. The molecule has 0 radical (unpaired) electrons. The molecule has 1 atom stereocenters. The number of alkyl carbamates (subject to hydrolysis) is 1. The van der Waals surface area contributed by atoms with Crippen LogP contribution < -0.4 is 16.0 Å². The van der Waals surface area contributed by atoms with Crippen molar-refractivity contribution >= 4 is 29.4 Å². The third-order valence-corrected chi connectivity index (χ3v) is 6.27. The molecule has 0 fully saturated rings. The highest BCUT2D eigenvalue weighted by Crippen LogP contribution is 2.32. The number of carbonyl (C=O) groups is 3. The molecule has 4 aromatic rings. The molecule has 228 valence electrons. The Labute approximate surface area is 252 Å². The van der Waals surface area contributed by atoms with Crippen LogP contribution in [0.25, 0.3) is 11.1 Å². The van der Waals surface area contributed by atoms with Gasteiger partial charge in [-0.2, -0.15) is 13.2 Å². The maximum absolute atomic E-state index is 13.2. The number of pyridine rings is 1. The van der Waals surface area contributed by atoms with E-state index < -0.39 is 41.3 Å². The van der Waals surface area contributed by atoms with Crippen LogP contribution in [-0.2, 0) is 22.1 Å². The van der Waals surface area contributed by atoms with Crippen LogP contribution in [0.3, 0.4) is 0 Å². The predicted molar refractivity (Wildman–Crippen MR) is 161 cm³/mol. The minimum Gasteiger partial charge on any atom is -0.444 e. The molecular weight excluding hydrogens is 573 g/mol. The number of benzene rings is 3. The lowest BCUT2D eigenvalue weighted by Gasteiger charge is -2.23. The molecule has 3 aromatic carbocycles. The van der Waals surface area contributed by atoms with E-state index in [0.29, 0.717) is 28.2 Å². The molecule has 0 aliphatic rings. The molecule has 1 aromatic heterocycles. The number of ether oxygens (including phenoxy) is 1. The Bertz CT molecular complexity index is 1600. The van der Waals surface area contributed by atoms with E-state index in [0.717, 1.165) is 12.1 Å². The molecule has 0 aliphatic heterocycles. The highest BCUT2D eigenvalue weighted by Gasteiger charge is 2.30. The third kappa shape index (κ3) is 8.90. The van der Waals surface area contributed by atoms with Crippen molar-refractivity contribution in [2.24, 2.45) is 0 Å². The first-order valence-electron chi connectivity index (χ1n) is 13.7. The molecule has 0 aliphatic carbocycles. The van der Waals surface area contributed by atoms with Gasteiger partial charge in [0.15, 0.2) is 0 Å². The molecule has 3 N–H and O–H groups in total. The Morgan fingerprint density at radius 3 is 2.09 bits per heavy atom. The number of carbonyl (C=O) groups excluding carboxylic acids is 3. The van der Waals surface area contributed by atoms with Gasteiger partial charge in [-0.1, -0.05) is 48.5 Å². The smallest absolute Gasteiger partial charge is 0.416 e. The second-order valence-electron chi connectivity index (χ2n) is 10.9. The fraction of sp³-hybridized carbons (Fsp3) is 0.212. The Morgan fingerprint density at radius 1 is 0.818 bits per heavy atom. The van der Waals surface area contributed by atoms with Crippen molar-refractivity contribution < 1.29 is 32.3 Å². The molecule has 44 heavy (non-hydrogen) atoms. The number of halogens is 3. The van der Waals surface area contributed by atoms with Gasteiger partial charge >= 0.3 is 12.3 Å². The van der Waals surface area contributed by atoms with Gasteiger partial charge in [-0.05, 0) is 79.9 Å². The van der Waals surface area contributed by atoms with E-state index in [-0.39, 0.29) is 12.0 Å². The van der Waals surface area contributed by atoms with Crippen LogP contribution in [0.15, 0.2) is 97.2 Å². The number of rotatable bonds is 8. The summed E-state index contributed by atoms with van der Waals surface area (Å²) in [4.78, 5) is 42.8. The van der Waals surface area contributed by atoms with Gasteiger partial charge in [-0.25, -0.2) is 9.78 Å². The minimum absolute atomic E-state index is 0.114. The summed E-state index contributed by atoms with van der Waals surface area (Å²) in [6.45, 7) is 5.14. The van der Waals surface area contributed by atoms with Crippen LogP contribution in [0.2, 0.25) is 0 Å².